The Kier molecular flexibility index (Phi) is 10.8. The van der Waals surface area contributed by atoms with Gasteiger partial charge in [0.25, 0.3) is 11.8 Å². The second kappa shape index (κ2) is 14.9. The van der Waals surface area contributed by atoms with Crippen LogP contribution in [0.4, 0.5) is 4.79 Å². The van der Waals surface area contributed by atoms with Gasteiger partial charge in [0.1, 0.15) is 25.4 Å². The van der Waals surface area contributed by atoms with E-state index in [4.69, 9.17) is 9.47 Å². The highest BCUT2D eigenvalue weighted by Crippen LogP contribution is 2.23. The molecule has 43 heavy (non-hydrogen) atoms. The lowest BCUT2D eigenvalue weighted by Gasteiger charge is -2.25. The standard InChI is InChI=1S/C31H33N3O9/c35-19-26(36)24(12-11-21-7-3-1-4-8-21)32-30(40)25-17-23(43-29(39)15-16-33-27(37)13-14-28(33)38)18-34(25)31(41)42-20-22-9-5-2-6-10-22/h1-10,13-14,23-25,35H,11-12,15-20H2,(H,32,40)/t23-,24+,25+/m1/s1. The molecule has 0 saturated carbocycles. The molecule has 1 saturated heterocycles. The molecule has 2 heterocycles. The number of amides is 4. The fraction of sp³-hybridized carbons (Fsp3) is 0.355. The summed E-state index contributed by atoms with van der Waals surface area (Å²) in [5.74, 6) is -3.00. The fourth-order valence-corrected chi connectivity index (χ4v) is 4.88. The second-order valence-corrected chi connectivity index (χ2v) is 10.2. The molecule has 0 spiro atoms. The van der Waals surface area contributed by atoms with Crippen molar-refractivity contribution < 1.29 is 43.3 Å². The summed E-state index contributed by atoms with van der Waals surface area (Å²) >= 11 is 0. The van der Waals surface area contributed by atoms with Crippen LogP contribution in [-0.2, 0) is 46.5 Å². The molecule has 2 aromatic carbocycles. The maximum absolute atomic E-state index is 13.5. The van der Waals surface area contributed by atoms with Crippen LogP contribution < -0.4 is 5.32 Å². The van der Waals surface area contributed by atoms with Gasteiger partial charge < -0.3 is 19.9 Å². The molecule has 12 nitrogen and oxygen atoms in total. The number of nitrogens with one attached hydrogen (secondary N) is 1. The number of ether oxygens (including phenoxy) is 2. The number of rotatable bonds is 13. The monoisotopic (exact) mass is 591 g/mol. The van der Waals surface area contributed by atoms with Gasteiger partial charge in [-0.15, -0.1) is 0 Å². The lowest BCUT2D eigenvalue weighted by molar-refractivity contribution is -0.149. The molecule has 2 N–H and O–H groups in total. The number of aliphatic hydroxyl groups excluding tert-OH is 1. The maximum atomic E-state index is 13.5. The first-order valence-electron chi connectivity index (χ1n) is 13.9. The molecule has 226 valence electrons. The molecular weight excluding hydrogens is 558 g/mol. The first-order valence-corrected chi connectivity index (χ1v) is 13.9. The normalized spacial score (nSPS) is 18.4. The number of benzene rings is 2. The number of hydrogen-bond acceptors (Lipinski definition) is 9. The molecule has 2 aliphatic heterocycles. The molecular formula is C31H33N3O9. The molecule has 3 atom stereocenters. The predicted molar refractivity (Wildman–Crippen MR) is 151 cm³/mol. The third kappa shape index (κ3) is 8.58. The van der Waals surface area contributed by atoms with Crippen LogP contribution in [0.5, 0.6) is 0 Å². The summed E-state index contributed by atoms with van der Waals surface area (Å²) in [6.45, 7) is -1.15. The zero-order valence-corrected chi connectivity index (χ0v) is 23.4. The quantitative estimate of drug-likeness (QED) is 0.259. The summed E-state index contributed by atoms with van der Waals surface area (Å²) in [5.41, 5.74) is 1.67. The number of ketones is 1. The number of carbonyl (C=O) groups is 6. The average molecular weight is 592 g/mol. The topological polar surface area (TPSA) is 160 Å². The molecule has 12 heteroatoms. The third-order valence-corrected chi connectivity index (χ3v) is 7.17. The number of likely N-dealkylation sites (tertiary alicyclic amines) is 1. The van der Waals surface area contributed by atoms with Crippen LogP contribution >= 0.6 is 0 Å². The number of Topliss-reactive ketones (excluding diaryl/α,β-unsaturated/α-hetero) is 1. The molecule has 2 aliphatic rings. The van der Waals surface area contributed by atoms with Crippen molar-refractivity contribution in [1.82, 2.24) is 15.1 Å². The first-order chi connectivity index (χ1) is 20.7. The van der Waals surface area contributed by atoms with Crippen molar-refractivity contribution in [2.75, 3.05) is 19.7 Å². The van der Waals surface area contributed by atoms with Gasteiger partial charge in [-0.3, -0.25) is 33.8 Å². The van der Waals surface area contributed by atoms with E-state index in [0.717, 1.165) is 33.1 Å². The molecule has 4 rings (SSSR count). The zero-order valence-electron chi connectivity index (χ0n) is 23.4. The Morgan fingerprint density at radius 3 is 2.19 bits per heavy atom. The van der Waals surface area contributed by atoms with E-state index in [1.807, 2.05) is 36.4 Å². The predicted octanol–water partition coefficient (Wildman–Crippen LogP) is 1.30. The number of carbonyl (C=O) groups excluding carboxylic acids is 6. The lowest BCUT2D eigenvalue weighted by atomic mass is 10.0. The molecule has 0 aliphatic carbocycles. The Balaban J connectivity index is 1.41. The number of imide groups is 1. The number of nitrogens with zero attached hydrogens (tertiary/aromatic N) is 2. The van der Waals surface area contributed by atoms with E-state index < -0.39 is 60.4 Å². The van der Waals surface area contributed by atoms with Gasteiger partial charge in [-0.1, -0.05) is 60.7 Å². The van der Waals surface area contributed by atoms with Gasteiger partial charge in [-0.25, -0.2) is 4.79 Å². The summed E-state index contributed by atoms with van der Waals surface area (Å²) in [5, 5.41) is 12.2. The van der Waals surface area contributed by atoms with E-state index in [9.17, 15) is 33.9 Å². The summed E-state index contributed by atoms with van der Waals surface area (Å²) in [6, 6.07) is 16.1. The van der Waals surface area contributed by atoms with Gasteiger partial charge in [-0.2, -0.15) is 0 Å². The Morgan fingerprint density at radius 2 is 1.56 bits per heavy atom. The fourth-order valence-electron chi connectivity index (χ4n) is 4.88. The van der Waals surface area contributed by atoms with Gasteiger partial charge in [0.05, 0.1) is 19.0 Å². The van der Waals surface area contributed by atoms with Gasteiger partial charge in [0.2, 0.25) is 5.91 Å². The van der Waals surface area contributed by atoms with E-state index >= 15 is 0 Å². The highest BCUT2D eigenvalue weighted by Gasteiger charge is 2.43. The van der Waals surface area contributed by atoms with Crippen LogP contribution in [0.1, 0.15) is 30.4 Å². The Labute approximate surface area is 248 Å². The van der Waals surface area contributed by atoms with E-state index in [0.29, 0.717) is 6.42 Å². The number of esters is 1. The number of aliphatic hydroxyl groups is 1. The second-order valence-electron chi connectivity index (χ2n) is 10.2. The Hall–Kier alpha value is -4.84. The van der Waals surface area contributed by atoms with Crippen molar-refractivity contribution in [2.24, 2.45) is 0 Å². The minimum atomic E-state index is -1.13. The van der Waals surface area contributed by atoms with E-state index in [2.05, 4.69) is 5.32 Å². The van der Waals surface area contributed by atoms with Gasteiger partial charge in [0, 0.05) is 25.1 Å². The van der Waals surface area contributed by atoms with Crippen LogP contribution in [0.15, 0.2) is 72.8 Å². The van der Waals surface area contributed by atoms with E-state index in [1.54, 1.807) is 24.3 Å². The van der Waals surface area contributed by atoms with Gasteiger partial charge in [0.15, 0.2) is 5.78 Å². The van der Waals surface area contributed by atoms with E-state index in [1.165, 1.54) is 0 Å². The molecule has 0 unspecified atom stereocenters. The summed E-state index contributed by atoms with van der Waals surface area (Å²) < 4.78 is 10.9. The summed E-state index contributed by atoms with van der Waals surface area (Å²) in [6.07, 6.45) is 0.882. The summed E-state index contributed by atoms with van der Waals surface area (Å²) in [7, 11) is 0. The lowest BCUT2D eigenvalue weighted by Crippen LogP contribution is -2.51. The highest BCUT2D eigenvalue weighted by atomic mass is 16.6. The van der Waals surface area contributed by atoms with Crippen LogP contribution in [0, 0.1) is 0 Å². The van der Waals surface area contributed by atoms with Crippen molar-refractivity contribution >= 4 is 35.6 Å². The average Bonchev–Trinajstić information content (AvgIpc) is 3.59. The smallest absolute Gasteiger partial charge is 0.410 e. The summed E-state index contributed by atoms with van der Waals surface area (Å²) in [4.78, 5) is 77.2. The van der Waals surface area contributed by atoms with E-state index in [-0.39, 0.29) is 39.0 Å². The van der Waals surface area contributed by atoms with Crippen molar-refractivity contribution in [3.63, 3.8) is 0 Å². The van der Waals surface area contributed by atoms with Gasteiger partial charge in [-0.05, 0) is 24.0 Å². The van der Waals surface area contributed by atoms with Crippen LogP contribution in [0.25, 0.3) is 0 Å². The Morgan fingerprint density at radius 1 is 0.930 bits per heavy atom. The van der Waals surface area contributed by atoms with Gasteiger partial charge >= 0.3 is 12.1 Å². The highest BCUT2D eigenvalue weighted by molar-refractivity contribution is 6.13. The molecule has 0 aromatic heterocycles. The van der Waals surface area contributed by atoms with Crippen molar-refractivity contribution in [3.8, 4) is 0 Å². The molecule has 1 fully saturated rings. The largest absolute Gasteiger partial charge is 0.460 e. The zero-order chi connectivity index (χ0) is 30.8. The van der Waals surface area contributed by atoms with Crippen molar-refractivity contribution in [1.29, 1.82) is 0 Å². The Bertz CT molecular complexity index is 1350. The van der Waals surface area contributed by atoms with Crippen molar-refractivity contribution in [2.45, 2.75) is 50.5 Å². The number of aryl methyl sites for hydroxylation is 1. The minimum absolute atomic E-state index is 0.0520. The van der Waals surface area contributed by atoms with Crippen LogP contribution in [0.3, 0.4) is 0 Å². The molecule has 2 aromatic rings. The third-order valence-electron chi connectivity index (χ3n) is 7.17. The van der Waals surface area contributed by atoms with Crippen molar-refractivity contribution in [3.05, 3.63) is 83.9 Å². The van der Waals surface area contributed by atoms with Crippen LogP contribution in [-0.4, -0.2) is 88.4 Å². The molecule has 4 amide bonds. The maximum Gasteiger partial charge on any atom is 0.410 e. The molecule has 0 bridgehead atoms. The number of hydrogen-bond donors (Lipinski definition) is 2. The first kappa shape index (κ1) is 31.1. The minimum Gasteiger partial charge on any atom is -0.460 e. The SMILES string of the molecule is O=C(CCN1C(=O)C=CC1=O)O[C@@H]1C[C@@H](C(=O)N[C@@H](CCc2ccccc2)C(=O)CO)N(C(=O)OCc2ccccc2)C1. The van der Waals surface area contributed by atoms with Crippen LogP contribution in [0.2, 0.25) is 0 Å². The molecule has 0 radical (unpaired) electrons.